The zero-order valence-electron chi connectivity index (χ0n) is 13.4. The van der Waals surface area contributed by atoms with Gasteiger partial charge in [-0.05, 0) is 31.0 Å². The van der Waals surface area contributed by atoms with Crippen LogP contribution in [-0.4, -0.2) is 23.5 Å². The molecule has 0 spiro atoms. The molecule has 0 radical (unpaired) electrons. The predicted molar refractivity (Wildman–Crippen MR) is 89.8 cm³/mol. The van der Waals surface area contributed by atoms with Crippen molar-refractivity contribution in [1.29, 1.82) is 0 Å². The summed E-state index contributed by atoms with van der Waals surface area (Å²) in [5, 5.41) is 6.17. The van der Waals surface area contributed by atoms with Crippen molar-refractivity contribution in [2.45, 2.75) is 44.6 Å². The molecular weight excluding hydrogens is 312 g/mol. The molecule has 1 aliphatic carbocycles. The average Bonchev–Trinajstić information content (AvgIpc) is 2.59. The number of hydrogen-bond donors (Lipinski definition) is 2. The van der Waals surface area contributed by atoms with Gasteiger partial charge < -0.3 is 10.6 Å². The minimum absolute atomic E-state index is 0.00772. The van der Waals surface area contributed by atoms with Gasteiger partial charge in [0.15, 0.2) is 0 Å². The molecule has 1 aliphatic rings. The molecule has 3 rings (SSSR count). The Hall–Kier alpha value is -2.24. The maximum atomic E-state index is 14.0. The van der Waals surface area contributed by atoms with E-state index in [-0.39, 0.29) is 29.3 Å². The minimum Gasteiger partial charge on any atom is -0.384 e. The lowest BCUT2D eigenvalue weighted by molar-refractivity contribution is -0.121. The Morgan fingerprint density at radius 3 is 2.67 bits per heavy atom. The Morgan fingerprint density at radius 2 is 1.88 bits per heavy atom. The van der Waals surface area contributed by atoms with Crippen molar-refractivity contribution < 1.29 is 13.6 Å². The number of rotatable bonds is 5. The van der Waals surface area contributed by atoms with Gasteiger partial charge in [-0.2, -0.15) is 0 Å². The molecule has 0 aliphatic heterocycles. The lowest BCUT2D eigenvalue weighted by Gasteiger charge is -2.22. The van der Waals surface area contributed by atoms with Crippen molar-refractivity contribution in [2.75, 3.05) is 11.9 Å². The first-order valence-electron chi connectivity index (χ1n) is 8.41. The smallest absolute Gasteiger partial charge is 0.221 e. The number of anilines is 1. The molecule has 1 aromatic carbocycles. The summed E-state index contributed by atoms with van der Waals surface area (Å²) in [4.78, 5) is 15.9. The first-order chi connectivity index (χ1) is 11.6. The number of fused-ring (bicyclic) bond motifs is 1. The SMILES string of the molecule is O=C(CCNc1ccnc2c(F)ccc(F)c12)NC1CCCCC1. The summed E-state index contributed by atoms with van der Waals surface area (Å²) in [5.74, 6) is -1.11. The first-order valence-corrected chi connectivity index (χ1v) is 8.41. The third kappa shape index (κ3) is 3.80. The van der Waals surface area contributed by atoms with Crippen molar-refractivity contribution in [2.24, 2.45) is 0 Å². The fraction of sp³-hybridized carbons (Fsp3) is 0.444. The van der Waals surface area contributed by atoms with Gasteiger partial charge in [0.25, 0.3) is 0 Å². The molecule has 2 aromatic rings. The number of carbonyl (C=O) groups is 1. The van der Waals surface area contributed by atoms with Gasteiger partial charge >= 0.3 is 0 Å². The van der Waals surface area contributed by atoms with Gasteiger partial charge in [0.1, 0.15) is 17.2 Å². The Bertz CT molecular complexity index is 730. The fourth-order valence-electron chi connectivity index (χ4n) is 3.20. The van der Waals surface area contributed by atoms with E-state index in [1.165, 1.54) is 12.6 Å². The van der Waals surface area contributed by atoms with E-state index >= 15 is 0 Å². The third-order valence-electron chi connectivity index (χ3n) is 4.43. The van der Waals surface area contributed by atoms with Crippen LogP contribution in [0.4, 0.5) is 14.5 Å². The Kier molecular flexibility index (Phi) is 5.23. The summed E-state index contributed by atoms with van der Waals surface area (Å²) in [6.45, 7) is 0.355. The van der Waals surface area contributed by atoms with E-state index in [2.05, 4.69) is 15.6 Å². The highest BCUT2D eigenvalue weighted by molar-refractivity contribution is 5.92. The van der Waals surface area contributed by atoms with Gasteiger partial charge in [-0.15, -0.1) is 0 Å². The molecule has 4 nitrogen and oxygen atoms in total. The predicted octanol–water partition coefficient (Wildman–Crippen LogP) is 3.76. The number of halogens is 2. The summed E-state index contributed by atoms with van der Waals surface area (Å²) < 4.78 is 27.7. The van der Waals surface area contributed by atoms with Crippen molar-refractivity contribution in [3.05, 3.63) is 36.0 Å². The molecule has 1 aromatic heterocycles. The number of nitrogens with one attached hydrogen (secondary N) is 2. The van der Waals surface area contributed by atoms with Crippen LogP contribution in [0.25, 0.3) is 10.9 Å². The first kappa shape index (κ1) is 16.6. The van der Waals surface area contributed by atoms with E-state index in [0.29, 0.717) is 12.2 Å². The molecule has 128 valence electrons. The Labute approximate surface area is 139 Å². The lowest BCUT2D eigenvalue weighted by Crippen LogP contribution is -2.36. The molecule has 1 saturated carbocycles. The summed E-state index contributed by atoms with van der Waals surface area (Å²) in [5.41, 5.74) is 0.439. The molecule has 24 heavy (non-hydrogen) atoms. The highest BCUT2D eigenvalue weighted by Crippen LogP contribution is 2.26. The van der Waals surface area contributed by atoms with Crippen molar-refractivity contribution in [1.82, 2.24) is 10.3 Å². The van der Waals surface area contributed by atoms with Crippen molar-refractivity contribution in [3.8, 4) is 0 Å². The monoisotopic (exact) mass is 333 g/mol. The maximum absolute atomic E-state index is 14.0. The van der Waals surface area contributed by atoms with Gasteiger partial charge in [-0.3, -0.25) is 9.78 Å². The zero-order valence-corrected chi connectivity index (χ0v) is 13.4. The third-order valence-corrected chi connectivity index (χ3v) is 4.43. The topological polar surface area (TPSA) is 54.0 Å². The summed E-state index contributed by atoms with van der Waals surface area (Å²) >= 11 is 0. The second-order valence-electron chi connectivity index (χ2n) is 6.19. The van der Waals surface area contributed by atoms with Crippen LogP contribution in [-0.2, 0) is 4.79 Å². The standard InChI is InChI=1S/C18H21F2N3O/c19-13-6-7-14(20)18-17(13)15(8-10-22-18)21-11-9-16(24)23-12-4-2-1-3-5-12/h6-8,10,12H,1-5,9,11H2,(H,21,22)(H,23,24). The van der Waals surface area contributed by atoms with E-state index in [4.69, 9.17) is 0 Å². The number of carbonyl (C=O) groups excluding carboxylic acids is 1. The zero-order chi connectivity index (χ0) is 16.9. The number of nitrogens with zero attached hydrogens (tertiary/aromatic N) is 1. The number of pyridine rings is 1. The highest BCUT2D eigenvalue weighted by Gasteiger charge is 2.16. The second kappa shape index (κ2) is 7.55. The maximum Gasteiger partial charge on any atom is 0.221 e. The molecule has 0 unspecified atom stereocenters. The normalized spacial score (nSPS) is 15.4. The van der Waals surface area contributed by atoms with E-state index in [0.717, 1.165) is 37.8 Å². The van der Waals surface area contributed by atoms with E-state index < -0.39 is 11.6 Å². The lowest BCUT2D eigenvalue weighted by atomic mass is 9.95. The van der Waals surface area contributed by atoms with Gasteiger partial charge in [0, 0.05) is 30.9 Å². The van der Waals surface area contributed by atoms with E-state index in [1.807, 2.05) is 0 Å². The van der Waals surface area contributed by atoms with E-state index in [9.17, 15) is 13.6 Å². The summed E-state index contributed by atoms with van der Waals surface area (Å²) in [6, 6.07) is 4.01. The van der Waals surface area contributed by atoms with Crippen LogP contribution in [0.2, 0.25) is 0 Å². The number of benzene rings is 1. The largest absolute Gasteiger partial charge is 0.384 e. The second-order valence-corrected chi connectivity index (χ2v) is 6.19. The van der Waals surface area contributed by atoms with Crippen LogP contribution < -0.4 is 10.6 Å². The average molecular weight is 333 g/mol. The van der Waals surface area contributed by atoms with E-state index in [1.54, 1.807) is 6.07 Å². The van der Waals surface area contributed by atoms with Crippen LogP contribution >= 0.6 is 0 Å². The molecule has 1 amide bonds. The summed E-state index contributed by atoms with van der Waals surface area (Å²) in [6.07, 6.45) is 7.36. The Morgan fingerprint density at radius 1 is 1.12 bits per heavy atom. The molecule has 0 saturated heterocycles. The molecule has 6 heteroatoms. The van der Waals surface area contributed by atoms with Crippen molar-refractivity contribution >= 4 is 22.5 Å². The molecule has 2 N–H and O–H groups in total. The quantitative estimate of drug-likeness (QED) is 0.876. The molecule has 0 atom stereocenters. The number of aromatic nitrogens is 1. The Balaban J connectivity index is 1.60. The molecule has 0 bridgehead atoms. The molecular formula is C18H21F2N3O. The summed E-state index contributed by atoms with van der Waals surface area (Å²) in [7, 11) is 0. The van der Waals surface area contributed by atoms with Crippen LogP contribution in [0.1, 0.15) is 38.5 Å². The van der Waals surface area contributed by atoms with Crippen LogP contribution in [0.5, 0.6) is 0 Å². The van der Waals surface area contributed by atoms with Gasteiger partial charge in [0.2, 0.25) is 5.91 Å². The fourth-order valence-corrected chi connectivity index (χ4v) is 3.20. The molecule has 1 heterocycles. The minimum atomic E-state index is -0.565. The number of hydrogen-bond acceptors (Lipinski definition) is 3. The van der Waals surface area contributed by atoms with Gasteiger partial charge in [0.05, 0.1) is 5.39 Å². The van der Waals surface area contributed by atoms with Crippen molar-refractivity contribution in [3.63, 3.8) is 0 Å². The van der Waals surface area contributed by atoms with Crippen LogP contribution in [0.15, 0.2) is 24.4 Å². The van der Waals surface area contributed by atoms with Crippen LogP contribution in [0, 0.1) is 11.6 Å². The molecule has 1 fully saturated rings. The highest BCUT2D eigenvalue weighted by atomic mass is 19.1. The number of amides is 1. The van der Waals surface area contributed by atoms with Gasteiger partial charge in [-0.25, -0.2) is 8.78 Å². The van der Waals surface area contributed by atoms with Gasteiger partial charge in [-0.1, -0.05) is 19.3 Å². The van der Waals surface area contributed by atoms with Crippen LogP contribution in [0.3, 0.4) is 0 Å².